The fourth-order valence-corrected chi connectivity index (χ4v) is 2.60. The van der Waals surface area contributed by atoms with E-state index in [0.29, 0.717) is 10.6 Å². The number of carbonyl (C=O) groups excluding carboxylic acids is 1. The van der Waals surface area contributed by atoms with E-state index in [-0.39, 0.29) is 17.7 Å². The minimum Gasteiger partial charge on any atom is -0.353 e. The van der Waals surface area contributed by atoms with Crippen molar-refractivity contribution >= 4 is 17.7 Å². The van der Waals surface area contributed by atoms with Gasteiger partial charge in [-0.05, 0) is 45.2 Å². The third-order valence-electron chi connectivity index (χ3n) is 3.43. The summed E-state index contributed by atoms with van der Waals surface area (Å²) in [7, 11) is 0. The van der Waals surface area contributed by atoms with Gasteiger partial charge in [0.15, 0.2) is 0 Å². The van der Waals surface area contributed by atoms with Crippen LogP contribution in [0.25, 0.3) is 0 Å². The van der Waals surface area contributed by atoms with Gasteiger partial charge in [0.1, 0.15) is 11.1 Å². The molecule has 5 heteroatoms. The lowest BCUT2D eigenvalue weighted by Crippen LogP contribution is -2.33. The molecule has 0 fully saturated rings. The topological polar surface area (TPSA) is 65.8 Å². The maximum absolute atomic E-state index is 11.8. The third-order valence-corrected chi connectivity index (χ3v) is 4.41. The molecule has 0 aromatic carbocycles. The maximum atomic E-state index is 11.8. The Hall–Kier alpha value is -1.54. The van der Waals surface area contributed by atoms with Gasteiger partial charge in [0.05, 0.1) is 11.3 Å². The summed E-state index contributed by atoms with van der Waals surface area (Å²) in [6, 6.07) is 2.37. The predicted molar refractivity (Wildman–Crippen MR) is 81.8 cm³/mol. The van der Waals surface area contributed by atoms with Gasteiger partial charge in [-0.3, -0.25) is 4.79 Å². The predicted octanol–water partition coefficient (Wildman–Crippen LogP) is 2.89. The molecule has 20 heavy (non-hydrogen) atoms. The number of amides is 1. The molecule has 0 aliphatic carbocycles. The Bertz CT molecular complexity index is 549. The Balaban J connectivity index is 2.84. The van der Waals surface area contributed by atoms with Crippen LogP contribution in [0.3, 0.4) is 0 Å². The second-order valence-electron chi connectivity index (χ2n) is 4.90. The Morgan fingerprint density at radius 1 is 1.40 bits per heavy atom. The first kappa shape index (κ1) is 16.5. The molecule has 0 radical (unpaired) electrons. The van der Waals surface area contributed by atoms with Crippen LogP contribution in [0.2, 0.25) is 0 Å². The highest BCUT2D eigenvalue weighted by atomic mass is 32.2. The summed E-state index contributed by atoms with van der Waals surface area (Å²) in [5.41, 5.74) is 3.47. The van der Waals surface area contributed by atoms with Crippen LogP contribution >= 0.6 is 11.8 Å². The number of carbonyl (C=O) groups is 1. The Morgan fingerprint density at radius 3 is 2.60 bits per heavy atom. The molecule has 1 amide bonds. The van der Waals surface area contributed by atoms with Crippen molar-refractivity contribution < 1.29 is 4.79 Å². The summed E-state index contributed by atoms with van der Waals surface area (Å²) < 4.78 is 0. The average molecular weight is 291 g/mol. The van der Waals surface area contributed by atoms with Crippen molar-refractivity contribution in [1.82, 2.24) is 10.3 Å². The molecular formula is C15H21N3OS. The van der Waals surface area contributed by atoms with Crippen LogP contribution in [0, 0.1) is 32.1 Å². The van der Waals surface area contributed by atoms with E-state index in [0.717, 1.165) is 23.2 Å². The number of aromatic nitrogens is 1. The van der Waals surface area contributed by atoms with Crippen LogP contribution in [0.1, 0.15) is 42.7 Å². The summed E-state index contributed by atoms with van der Waals surface area (Å²) in [5.74, 6) is 0.263. The first-order chi connectivity index (χ1) is 9.40. The Labute approximate surface area is 125 Å². The van der Waals surface area contributed by atoms with Crippen molar-refractivity contribution in [1.29, 1.82) is 5.26 Å². The van der Waals surface area contributed by atoms with Gasteiger partial charge in [-0.1, -0.05) is 18.7 Å². The lowest BCUT2D eigenvalue weighted by atomic mass is 10.1. The van der Waals surface area contributed by atoms with Gasteiger partial charge < -0.3 is 5.32 Å². The molecule has 0 aliphatic heterocycles. The Kier molecular flexibility index (Phi) is 6.03. The molecule has 108 valence electrons. The van der Waals surface area contributed by atoms with Crippen LogP contribution < -0.4 is 5.32 Å². The molecule has 1 rings (SSSR count). The molecule has 1 heterocycles. The first-order valence-electron chi connectivity index (χ1n) is 6.70. The fourth-order valence-electron chi connectivity index (χ4n) is 1.70. The summed E-state index contributed by atoms with van der Waals surface area (Å²) >= 11 is 1.32. The summed E-state index contributed by atoms with van der Waals surface area (Å²) in [4.78, 5) is 16.2. The highest BCUT2D eigenvalue weighted by Crippen LogP contribution is 2.26. The van der Waals surface area contributed by atoms with Crippen molar-refractivity contribution in [3.63, 3.8) is 0 Å². The van der Waals surface area contributed by atoms with Crippen molar-refractivity contribution in [2.75, 3.05) is 5.75 Å². The molecule has 0 unspecified atom stereocenters. The van der Waals surface area contributed by atoms with Gasteiger partial charge in [-0.25, -0.2) is 4.98 Å². The second-order valence-corrected chi connectivity index (χ2v) is 5.87. The molecule has 0 saturated carbocycles. The Morgan fingerprint density at radius 2 is 2.05 bits per heavy atom. The number of pyridine rings is 1. The molecule has 1 N–H and O–H groups in total. The largest absolute Gasteiger partial charge is 0.353 e. The zero-order valence-electron chi connectivity index (χ0n) is 12.7. The van der Waals surface area contributed by atoms with E-state index >= 15 is 0 Å². The molecule has 0 aliphatic rings. The van der Waals surface area contributed by atoms with Crippen LogP contribution in [0.4, 0.5) is 0 Å². The number of hydrogen-bond donors (Lipinski definition) is 1. The van der Waals surface area contributed by atoms with E-state index in [1.807, 2.05) is 34.6 Å². The maximum Gasteiger partial charge on any atom is 0.230 e. The molecule has 1 atom stereocenters. The molecule has 4 nitrogen and oxygen atoms in total. The summed E-state index contributed by atoms with van der Waals surface area (Å²) in [6.45, 7) is 9.81. The minimum atomic E-state index is -0.0223. The number of thioether (sulfide) groups is 1. The van der Waals surface area contributed by atoms with Gasteiger partial charge in [0, 0.05) is 11.7 Å². The van der Waals surface area contributed by atoms with Gasteiger partial charge in [-0.15, -0.1) is 0 Å². The standard InChI is InChI=1S/C15H21N3OS/c1-6-9(2)17-14(19)8-20-15-13(7-16)11(4)10(3)12(5)18-15/h9H,6,8H2,1-5H3,(H,17,19)/t9-/m0/s1. The fraction of sp³-hybridized carbons (Fsp3) is 0.533. The van der Waals surface area contributed by atoms with Crippen molar-refractivity contribution in [2.24, 2.45) is 0 Å². The van der Waals surface area contributed by atoms with Crippen molar-refractivity contribution in [3.05, 3.63) is 22.4 Å². The number of nitrogens with zero attached hydrogens (tertiary/aromatic N) is 2. The lowest BCUT2D eigenvalue weighted by molar-refractivity contribution is -0.119. The molecule has 0 bridgehead atoms. The SMILES string of the molecule is CC[C@H](C)NC(=O)CSc1nc(C)c(C)c(C)c1C#N. The summed E-state index contributed by atoms with van der Waals surface area (Å²) in [6.07, 6.45) is 0.904. The van der Waals surface area contributed by atoms with E-state index in [1.54, 1.807) is 0 Å². The van der Waals surface area contributed by atoms with Crippen molar-refractivity contribution in [2.45, 2.75) is 52.1 Å². The van der Waals surface area contributed by atoms with E-state index in [2.05, 4.69) is 16.4 Å². The van der Waals surface area contributed by atoms with E-state index in [9.17, 15) is 10.1 Å². The lowest BCUT2D eigenvalue weighted by Gasteiger charge is -2.13. The highest BCUT2D eigenvalue weighted by Gasteiger charge is 2.14. The van der Waals surface area contributed by atoms with Crippen LogP contribution in [-0.4, -0.2) is 22.7 Å². The third kappa shape index (κ3) is 3.97. The van der Waals surface area contributed by atoms with Gasteiger partial charge in [0.2, 0.25) is 5.91 Å². The highest BCUT2D eigenvalue weighted by molar-refractivity contribution is 8.00. The van der Waals surface area contributed by atoms with E-state index in [4.69, 9.17) is 0 Å². The van der Waals surface area contributed by atoms with Gasteiger partial charge in [-0.2, -0.15) is 5.26 Å². The van der Waals surface area contributed by atoms with Crippen molar-refractivity contribution in [3.8, 4) is 6.07 Å². The molecular weight excluding hydrogens is 270 g/mol. The zero-order valence-corrected chi connectivity index (χ0v) is 13.5. The average Bonchev–Trinajstić information content (AvgIpc) is 2.42. The summed E-state index contributed by atoms with van der Waals surface area (Å²) in [5, 5.41) is 12.8. The molecule has 0 spiro atoms. The normalized spacial score (nSPS) is 11.8. The van der Waals surface area contributed by atoms with E-state index in [1.165, 1.54) is 11.8 Å². The number of nitriles is 1. The number of hydrogen-bond acceptors (Lipinski definition) is 4. The van der Waals surface area contributed by atoms with Crippen LogP contribution in [0.15, 0.2) is 5.03 Å². The molecule has 1 aromatic rings. The zero-order chi connectivity index (χ0) is 15.3. The molecule has 0 saturated heterocycles. The van der Waals surface area contributed by atoms with Gasteiger partial charge >= 0.3 is 0 Å². The van der Waals surface area contributed by atoms with Gasteiger partial charge in [0.25, 0.3) is 0 Å². The number of nitrogens with one attached hydrogen (secondary N) is 1. The minimum absolute atomic E-state index is 0.0223. The van der Waals surface area contributed by atoms with Crippen LogP contribution in [0.5, 0.6) is 0 Å². The molecule has 1 aromatic heterocycles. The first-order valence-corrected chi connectivity index (χ1v) is 7.69. The monoisotopic (exact) mass is 291 g/mol. The van der Waals surface area contributed by atoms with E-state index < -0.39 is 0 Å². The smallest absolute Gasteiger partial charge is 0.230 e. The quantitative estimate of drug-likeness (QED) is 0.847. The number of rotatable bonds is 5. The second kappa shape index (κ2) is 7.30. The van der Waals surface area contributed by atoms with Crippen LogP contribution in [-0.2, 0) is 4.79 Å². The number of aryl methyl sites for hydroxylation is 1.